The lowest BCUT2D eigenvalue weighted by molar-refractivity contribution is 0.615. The van der Waals surface area contributed by atoms with E-state index in [2.05, 4.69) is 20.4 Å². The van der Waals surface area contributed by atoms with Crippen molar-refractivity contribution in [2.75, 3.05) is 5.32 Å². The number of aromatic nitrogens is 4. The van der Waals surface area contributed by atoms with E-state index in [1.54, 1.807) is 22.9 Å². The summed E-state index contributed by atoms with van der Waals surface area (Å²) in [5, 5.41) is 7.24. The first-order valence-corrected chi connectivity index (χ1v) is 6.25. The lowest BCUT2D eigenvalue weighted by Crippen LogP contribution is -2.01. The minimum atomic E-state index is -0.336. The Bertz CT molecular complexity index is 690. The second-order valence-electron chi connectivity index (χ2n) is 3.80. The maximum absolute atomic E-state index is 13.0. The summed E-state index contributed by atoms with van der Waals surface area (Å²) in [6.45, 7) is 2.58. The minimum Gasteiger partial charge on any atom is -0.348 e. The first-order chi connectivity index (χ1) is 8.72. The average molecular weight is 263 g/mol. The van der Waals surface area contributed by atoms with E-state index in [1.165, 1.54) is 16.8 Å². The SMILES string of the molecule is Cc1ncsc1CNc1nc2ccc(F)cn2n1. The fourth-order valence-corrected chi connectivity index (χ4v) is 2.30. The van der Waals surface area contributed by atoms with Gasteiger partial charge in [-0.25, -0.2) is 13.9 Å². The highest BCUT2D eigenvalue weighted by molar-refractivity contribution is 7.09. The molecule has 0 aromatic carbocycles. The molecule has 0 saturated heterocycles. The van der Waals surface area contributed by atoms with Crippen LogP contribution in [0.15, 0.2) is 23.8 Å². The summed E-state index contributed by atoms with van der Waals surface area (Å²) < 4.78 is 14.4. The Kier molecular flexibility index (Phi) is 2.67. The molecule has 3 aromatic heterocycles. The van der Waals surface area contributed by atoms with E-state index in [0.29, 0.717) is 18.1 Å². The number of nitrogens with zero attached hydrogens (tertiary/aromatic N) is 4. The zero-order valence-corrected chi connectivity index (χ0v) is 10.4. The van der Waals surface area contributed by atoms with Crippen LogP contribution in [-0.2, 0) is 6.54 Å². The molecule has 0 atom stereocenters. The number of nitrogens with one attached hydrogen (secondary N) is 1. The zero-order chi connectivity index (χ0) is 12.5. The molecule has 0 spiro atoms. The first kappa shape index (κ1) is 11.1. The molecule has 0 saturated carbocycles. The number of thiazole rings is 1. The summed E-state index contributed by atoms with van der Waals surface area (Å²) in [6, 6.07) is 2.95. The van der Waals surface area contributed by atoms with Crippen molar-refractivity contribution in [3.8, 4) is 0 Å². The monoisotopic (exact) mass is 263 g/mol. The van der Waals surface area contributed by atoms with Gasteiger partial charge in [0.25, 0.3) is 0 Å². The van der Waals surface area contributed by atoms with Crippen molar-refractivity contribution < 1.29 is 4.39 Å². The maximum Gasteiger partial charge on any atom is 0.243 e. The van der Waals surface area contributed by atoms with E-state index >= 15 is 0 Å². The lowest BCUT2D eigenvalue weighted by atomic mass is 10.4. The van der Waals surface area contributed by atoms with Gasteiger partial charge in [-0.2, -0.15) is 4.98 Å². The number of rotatable bonds is 3. The molecule has 0 aliphatic heterocycles. The van der Waals surface area contributed by atoms with E-state index in [1.807, 2.05) is 6.92 Å². The highest BCUT2D eigenvalue weighted by atomic mass is 32.1. The third-order valence-electron chi connectivity index (χ3n) is 2.55. The number of fused-ring (bicyclic) bond motifs is 1. The molecule has 0 fully saturated rings. The maximum atomic E-state index is 13.0. The molecule has 3 rings (SSSR count). The quantitative estimate of drug-likeness (QED) is 0.787. The smallest absolute Gasteiger partial charge is 0.243 e. The van der Waals surface area contributed by atoms with Crippen LogP contribution in [0.5, 0.6) is 0 Å². The number of anilines is 1. The molecule has 0 bridgehead atoms. The molecule has 7 heteroatoms. The third-order valence-corrected chi connectivity index (χ3v) is 3.48. The van der Waals surface area contributed by atoms with Gasteiger partial charge in [-0.15, -0.1) is 16.4 Å². The normalized spacial score (nSPS) is 11.0. The van der Waals surface area contributed by atoms with Crippen molar-refractivity contribution in [3.05, 3.63) is 40.2 Å². The van der Waals surface area contributed by atoms with Gasteiger partial charge < -0.3 is 5.32 Å². The predicted molar refractivity (Wildman–Crippen MR) is 67.1 cm³/mol. The second kappa shape index (κ2) is 4.34. The van der Waals surface area contributed by atoms with E-state index < -0.39 is 0 Å². The predicted octanol–water partition coefficient (Wildman–Crippen LogP) is 2.25. The molecule has 5 nitrogen and oxygen atoms in total. The van der Waals surface area contributed by atoms with Gasteiger partial charge in [0.05, 0.1) is 23.9 Å². The summed E-state index contributed by atoms with van der Waals surface area (Å²) in [5.74, 6) is 0.144. The van der Waals surface area contributed by atoms with Crippen molar-refractivity contribution in [3.63, 3.8) is 0 Å². The Morgan fingerprint density at radius 1 is 1.44 bits per heavy atom. The Morgan fingerprint density at radius 2 is 2.33 bits per heavy atom. The molecular weight excluding hydrogens is 253 g/mol. The third kappa shape index (κ3) is 2.04. The topological polar surface area (TPSA) is 55.1 Å². The average Bonchev–Trinajstić information content (AvgIpc) is 2.92. The zero-order valence-electron chi connectivity index (χ0n) is 9.59. The van der Waals surface area contributed by atoms with Gasteiger partial charge in [0.15, 0.2) is 5.65 Å². The summed E-state index contributed by atoms with van der Waals surface area (Å²) >= 11 is 1.58. The van der Waals surface area contributed by atoms with Crippen LogP contribution in [0.4, 0.5) is 10.3 Å². The molecule has 0 aliphatic rings. The van der Waals surface area contributed by atoms with Gasteiger partial charge in [-0.3, -0.25) is 0 Å². The van der Waals surface area contributed by atoms with Gasteiger partial charge in [-0.1, -0.05) is 0 Å². The first-order valence-electron chi connectivity index (χ1n) is 5.37. The summed E-state index contributed by atoms with van der Waals surface area (Å²) in [6.07, 6.45) is 1.30. The van der Waals surface area contributed by atoms with E-state index in [0.717, 1.165) is 10.6 Å². The van der Waals surface area contributed by atoms with Crippen molar-refractivity contribution in [2.45, 2.75) is 13.5 Å². The van der Waals surface area contributed by atoms with Crippen LogP contribution in [0.3, 0.4) is 0 Å². The molecule has 0 unspecified atom stereocenters. The van der Waals surface area contributed by atoms with Crippen LogP contribution in [0, 0.1) is 12.7 Å². The number of hydrogen-bond acceptors (Lipinski definition) is 5. The highest BCUT2D eigenvalue weighted by Crippen LogP contribution is 2.14. The number of hydrogen-bond donors (Lipinski definition) is 1. The fourth-order valence-electron chi connectivity index (χ4n) is 1.59. The Balaban J connectivity index is 1.81. The number of halogens is 1. The van der Waals surface area contributed by atoms with Crippen LogP contribution >= 0.6 is 11.3 Å². The fraction of sp³-hybridized carbons (Fsp3) is 0.182. The minimum absolute atomic E-state index is 0.336. The lowest BCUT2D eigenvalue weighted by Gasteiger charge is -1.98. The molecule has 3 heterocycles. The number of pyridine rings is 1. The van der Waals surface area contributed by atoms with Gasteiger partial charge in [0.1, 0.15) is 5.82 Å². The van der Waals surface area contributed by atoms with E-state index in [-0.39, 0.29) is 5.82 Å². The van der Waals surface area contributed by atoms with Crippen LogP contribution < -0.4 is 5.32 Å². The van der Waals surface area contributed by atoms with Gasteiger partial charge in [0, 0.05) is 4.88 Å². The molecule has 92 valence electrons. The largest absolute Gasteiger partial charge is 0.348 e. The molecule has 1 N–H and O–H groups in total. The van der Waals surface area contributed by atoms with Gasteiger partial charge in [-0.05, 0) is 19.1 Å². The van der Waals surface area contributed by atoms with Crippen molar-refractivity contribution in [1.29, 1.82) is 0 Å². The molecular formula is C11H10FN5S. The molecule has 0 amide bonds. The molecule has 3 aromatic rings. The van der Waals surface area contributed by atoms with Crippen molar-refractivity contribution >= 4 is 22.9 Å². The molecule has 18 heavy (non-hydrogen) atoms. The van der Waals surface area contributed by atoms with Gasteiger partial charge in [0.2, 0.25) is 5.95 Å². The Labute approximate surface area is 106 Å². The van der Waals surface area contributed by atoms with E-state index in [4.69, 9.17) is 0 Å². The van der Waals surface area contributed by atoms with Crippen LogP contribution in [0.1, 0.15) is 10.6 Å². The summed E-state index contributed by atoms with van der Waals surface area (Å²) in [4.78, 5) is 9.55. The Hall–Kier alpha value is -2.02. The standard InChI is InChI=1S/C11H10FN5S/c1-7-9(18-6-14-7)4-13-11-15-10-3-2-8(12)5-17(10)16-11/h2-3,5-6H,4H2,1H3,(H,13,16). The van der Waals surface area contributed by atoms with Gasteiger partial charge >= 0.3 is 0 Å². The Morgan fingerprint density at radius 3 is 3.11 bits per heavy atom. The van der Waals surface area contributed by atoms with Crippen LogP contribution in [0.25, 0.3) is 5.65 Å². The van der Waals surface area contributed by atoms with Crippen molar-refractivity contribution in [2.24, 2.45) is 0 Å². The second-order valence-corrected chi connectivity index (χ2v) is 4.74. The molecule has 0 radical (unpaired) electrons. The summed E-state index contributed by atoms with van der Waals surface area (Å²) in [5.41, 5.74) is 3.42. The summed E-state index contributed by atoms with van der Waals surface area (Å²) in [7, 11) is 0. The van der Waals surface area contributed by atoms with Crippen LogP contribution in [-0.4, -0.2) is 19.6 Å². The van der Waals surface area contributed by atoms with Crippen molar-refractivity contribution in [1.82, 2.24) is 19.6 Å². The molecule has 0 aliphatic carbocycles. The van der Waals surface area contributed by atoms with E-state index in [9.17, 15) is 4.39 Å². The van der Waals surface area contributed by atoms with Crippen LogP contribution in [0.2, 0.25) is 0 Å². The number of aryl methyl sites for hydroxylation is 1. The highest BCUT2D eigenvalue weighted by Gasteiger charge is 2.06.